The molecule has 1 atom stereocenters. The maximum atomic E-state index is 5.73. The summed E-state index contributed by atoms with van der Waals surface area (Å²) in [5.41, 5.74) is 10.9. The van der Waals surface area contributed by atoms with Crippen LogP contribution in [0.4, 0.5) is 0 Å². The third-order valence-electron chi connectivity index (χ3n) is 1.76. The molecule has 2 nitrogen and oxygen atoms in total. The monoisotopic (exact) mass is 116 g/mol. The second-order valence-electron chi connectivity index (χ2n) is 2.86. The summed E-state index contributed by atoms with van der Waals surface area (Å²) in [6.07, 6.45) is 0. The lowest BCUT2D eigenvalue weighted by Gasteiger charge is -2.26. The van der Waals surface area contributed by atoms with E-state index in [0.29, 0.717) is 12.5 Å². The van der Waals surface area contributed by atoms with E-state index in [4.69, 9.17) is 11.5 Å². The molecule has 0 saturated heterocycles. The van der Waals surface area contributed by atoms with Crippen molar-refractivity contribution in [2.24, 2.45) is 17.4 Å². The van der Waals surface area contributed by atoms with E-state index in [1.165, 1.54) is 0 Å². The Labute approximate surface area is 51.2 Å². The Balaban J connectivity index is 3.71. The molecular weight excluding hydrogens is 100 g/mol. The van der Waals surface area contributed by atoms with Gasteiger partial charge in [-0.25, -0.2) is 0 Å². The van der Waals surface area contributed by atoms with Crippen LogP contribution in [-0.2, 0) is 0 Å². The van der Waals surface area contributed by atoms with Crippen LogP contribution in [0.25, 0.3) is 0 Å². The zero-order chi connectivity index (χ0) is 6.78. The SMILES string of the molecule is CC(C)[C@](C)(N)CN. The molecule has 0 aliphatic rings. The average molecular weight is 116 g/mol. The predicted octanol–water partition coefficient (Wildman–Crippen LogP) is 0.319. The number of hydrogen-bond acceptors (Lipinski definition) is 2. The Bertz CT molecular complexity index is 66.9. The van der Waals surface area contributed by atoms with Gasteiger partial charge >= 0.3 is 0 Å². The molecule has 0 fully saturated rings. The van der Waals surface area contributed by atoms with Crippen molar-refractivity contribution in [1.82, 2.24) is 0 Å². The third kappa shape index (κ3) is 1.80. The minimum atomic E-state index is -0.181. The van der Waals surface area contributed by atoms with E-state index in [2.05, 4.69) is 13.8 Å². The van der Waals surface area contributed by atoms with Gasteiger partial charge < -0.3 is 11.5 Å². The van der Waals surface area contributed by atoms with Gasteiger partial charge in [0, 0.05) is 12.1 Å². The molecule has 0 radical (unpaired) electrons. The summed E-state index contributed by atoms with van der Waals surface area (Å²) in [6, 6.07) is 0. The van der Waals surface area contributed by atoms with Crippen molar-refractivity contribution in [2.75, 3.05) is 6.54 Å². The van der Waals surface area contributed by atoms with Crippen LogP contribution in [0.1, 0.15) is 20.8 Å². The van der Waals surface area contributed by atoms with Gasteiger partial charge in [0.1, 0.15) is 0 Å². The first-order chi connectivity index (χ1) is 3.50. The lowest BCUT2D eigenvalue weighted by Crippen LogP contribution is -2.48. The van der Waals surface area contributed by atoms with Crippen LogP contribution < -0.4 is 11.5 Å². The molecule has 50 valence electrons. The fourth-order valence-electron chi connectivity index (χ4n) is 0.236. The minimum absolute atomic E-state index is 0.181. The van der Waals surface area contributed by atoms with Gasteiger partial charge in [-0.3, -0.25) is 0 Å². The Kier molecular flexibility index (Phi) is 2.44. The van der Waals surface area contributed by atoms with E-state index in [-0.39, 0.29) is 5.54 Å². The summed E-state index contributed by atoms with van der Waals surface area (Å²) < 4.78 is 0. The first-order valence-corrected chi connectivity index (χ1v) is 2.99. The fourth-order valence-corrected chi connectivity index (χ4v) is 0.236. The van der Waals surface area contributed by atoms with E-state index in [9.17, 15) is 0 Å². The lowest BCUT2D eigenvalue weighted by atomic mass is 9.90. The highest BCUT2D eigenvalue weighted by atomic mass is 14.8. The smallest absolute Gasteiger partial charge is 0.0273 e. The van der Waals surface area contributed by atoms with Crippen LogP contribution in [-0.4, -0.2) is 12.1 Å². The summed E-state index contributed by atoms with van der Waals surface area (Å²) in [4.78, 5) is 0. The standard InChI is InChI=1S/C6H16N2/c1-5(2)6(3,8)4-7/h5H,4,7-8H2,1-3H3/t6-/m1/s1. The molecule has 0 aliphatic heterocycles. The molecule has 0 rings (SSSR count). The highest BCUT2D eigenvalue weighted by Crippen LogP contribution is 2.09. The maximum absolute atomic E-state index is 5.73. The van der Waals surface area contributed by atoms with Crippen molar-refractivity contribution in [3.8, 4) is 0 Å². The van der Waals surface area contributed by atoms with Crippen LogP contribution in [0, 0.1) is 5.92 Å². The van der Waals surface area contributed by atoms with Crippen molar-refractivity contribution >= 4 is 0 Å². The molecule has 0 aromatic rings. The van der Waals surface area contributed by atoms with Gasteiger partial charge in [0.2, 0.25) is 0 Å². The van der Waals surface area contributed by atoms with Gasteiger partial charge in [-0.2, -0.15) is 0 Å². The summed E-state index contributed by atoms with van der Waals surface area (Å²) in [6.45, 7) is 6.68. The molecule has 0 aromatic carbocycles. The first kappa shape index (κ1) is 7.92. The third-order valence-corrected chi connectivity index (χ3v) is 1.76. The molecule has 0 unspecified atom stereocenters. The van der Waals surface area contributed by atoms with Gasteiger partial charge in [-0.15, -0.1) is 0 Å². The average Bonchev–Trinajstić information content (AvgIpc) is 1.67. The first-order valence-electron chi connectivity index (χ1n) is 2.99. The van der Waals surface area contributed by atoms with E-state index in [0.717, 1.165) is 0 Å². The molecule has 0 spiro atoms. The molecule has 4 N–H and O–H groups in total. The Morgan fingerprint density at radius 1 is 1.50 bits per heavy atom. The molecule has 0 amide bonds. The quantitative estimate of drug-likeness (QED) is 0.546. The second-order valence-corrected chi connectivity index (χ2v) is 2.86. The van der Waals surface area contributed by atoms with Crippen LogP contribution in [0.2, 0.25) is 0 Å². The van der Waals surface area contributed by atoms with E-state index in [1.54, 1.807) is 0 Å². The van der Waals surface area contributed by atoms with Crippen molar-refractivity contribution < 1.29 is 0 Å². The van der Waals surface area contributed by atoms with Crippen LogP contribution in [0.15, 0.2) is 0 Å². The van der Waals surface area contributed by atoms with Gasteiger partial charge in [-0.1, -0.05) is 13.8 Å². The molecule has 0 heterocycles. The Morgan fingerprint density at radius 2 is 1.88 bits per heavy atom. The van der Waals surface area contributed by atoms with Gasteiger partial charge in [0.05, 0.1) is 0 Å². The van der Waals surface area contributed by atoms with E-state index >= 15 is 0 Å². The summed E-state index contributed by atoms with van der Waals surface area (Å²) in [5, 5.41) is 0. The topological polar surface area (TPSA) is 52.0 Å². The van der Waals surface area contributed by atoms with Crippen LogP contribution in [0.3, 0.4) is 0 Å². The minimum Gasteiger partial charge on any atom is -0.329 e. The molecule has 2 heteroatoms. The van der Waals surface area contributed by atoms with Crippen LogP contribution >= 0.6 is 0 Å². The molecular formula is C6H16N2. The number of hydrogen-bond donors (Lipinski definition) is 2. The summed E-state index contributed by atoms with van der Waals surface area (Å²) in [5.74, 6) is 0.465. The second kappa shape index (κ2) is 2.46. The molecule has 0 bridgehead atoms. The van der Waals surface area contributed by atoms with Crippen molar-refractivity contribution in [2.45, 2.75) is 26.3 Å². The van der Waals surface area contributed by atoms with Crippen molar-refractivity contribution in [1.29, 1.82) is 0 Å². The Morgan fingerprint density at radius 3 is 1.88 bits per heavy atom. The van der Waals surface area contributed by atoms with Gasteiger partial charge in [0.15, 0.2) is 0 Å². The van der Waals surface area contributed by atoms with Crippen molar-refractivity contribution in [3.63, 3.8) is 0 Å². The summed E-state index contributed by atoms with van der Waals surface area (Å²) in [7, 11) is 0. The van der Waals surface area contributed by atoms with Crippen LogP contribution in [0.5, 0.6) is 0 Å². The largest absolute Gasteiger partial charge is 0.329 e. The van der Waals surface area contributed by atoms with Gasteiger partial charge in [-0.05, 0) is 12.8 Å². The normalized spacial score (nSPS) is 18.8. The number of rotatable bonds is 2. The molecule has 0 saturated carbocycles. The zero-order valence-corrected chi connectivity index (χ0v) is 5.94. The maximum Gasteiger partial charge on any atom is 0.0273 e. The molecule has 0 aliphatic carbocycles. The molecule has 8 heavy (non-hydrogen) atoms. The molecule has 0 aromatic heterocycles. The van der Waals surface area contributed by atoms with E-state index in [1.807, 2.05) is 6.92 Å². The number of nitrogens with two attached hydrogens (primary N) is 2. The fraction of sp³-hybridized carbons (Fsp3) is 1.00. The Hall–Kier alpha value is -0.0800. The highest BCUT2D eigenvalue weighted by molar-refractivity contribution is 4.82. The predicted molar refractivity (Wildman–Crippen MR) is 36.5 cm³/mol. The summed E-state index contributed by atoms with van der Waals surface area (Å²) >= 11 is 0. The van der Waals surface area contributed by atoms with Gasteiger partial charge in [0.25, 0.3) is 0 Å². The van der Waals surface area contributed by atoms with Crippen molar-refractivity contribution in [3.05, 3.63) is 0 Å². The lowest BCUT2D eigenvalue weighted by molar-refractivity contribution is 0.350. The highest BCUT2D eigenvalue weighted by Gasteiger charge is 2.19. The van der Waals surface area contributed by atoms with E-state index < -0.39 is 0 Å². The zero-order valence-electron chi connectivity index (χ0n) is 5.94.